The van der Waals surface area contributed by atoms with Gasteiger partial charge in [0.15, 0.2) is 6.20 Å². The second-order valence-electron chi connectivity index (χ2n) is 5.51. The lowest BCUT2D eigenvalue weighted by atomic mass is 10.1. The van der Waals surface area contributed by atoms with Crippen LogP contribution in [0.4, 0.5) is 5.69 Å². The highest BCUT2D eigenvalue weighted by atomic mass is 32.2. The zero-order chi connectivity index (χ0) is 17.1. The first-order chi connectivity index (χ1) is 11.7. The number of para-hydroxylation sites is 2. The van der Waals surface area contributed by atoms with E-state index in [1.807, 2.05) is 25.6 Å². The van der Waals surface area contributed by atoms with Gasteiger partial charge in [-0.05, 0) is 29.8 Å². The monoisotopic (exact) mass is 335 g/mol. The van der Waals surface area contributed by atoms with Gasteiger partial charge >= 0.3 is 0 Å². The van der Waals surface area contributed by atoms with E-state index in [-0.39, 0.29) is 0 Å². The Morgan fingerprint density at radius 3 is 2.46 bits per heavy atom. The lowest BCUT2D eigenvalue weighted by Gasteiger charge is -2.13. The number of hydrogen-bond acceptors (Lipinski definition) is 2. The van der Waals surface area contributed by atoms with Gasteiger partial charge in [-0.15, -0.1) is 0 Å². The predicted octanol–water partition coefficient (Wildman–Crippen LogP) is 5.23. The largest absolute Gasteiger partial charge is 0.338 e. The highest BCUT2D eigenvalue weighted by Crippen LogP contribution is 2.45. The van der Waals surface area contributed by atoms with Crippen molar-refractivity contribution >= 4 is 34.4 Å². The van der Waals surface area contributed by atoms with E-state index in [0.717, 1.165) is 0 Å². The first kappa shape index (κ1) is 16.6. The van der Waals surface area contributed by atoms with Gasteiger partial charge in [-0.2, -0.15) is 0 Å². The number of benzene rings is 2. The molecule has 0 atom stereocenters. The minimum absolute atomic E-state index is 1.25. The van der Waals surface area contributed by atoms with Gasteiger partial charge in [-0.25, -0.2) is 4.57 Å². The number of fused-ring (bicyclic) bond motifs is 2. The molecule has 1 aliphatic heterocycles. The smallest absolute Gasteiger partial charge is 0.212 e. The average Bonchev–Trinajstić information content (AvgIpc) is 2.96. The number of anilines is 1. The molecule has 122 valence electrons. The Kier molecular flexibility index (Phi) is 4.91. The van der Waals surface area contributed by atoms with Gasteiger partial charge in [0.2, 0.25) is 5.52 Å². The average molecular weight is 335 g/mol. The van der Waals surface area contributed by atoms with Crippen molar-refractivity contribution in [2.75, 3.05) is 11.9 Å². The van der Waals surface area contributed by atoms with E-state index in [9.17, 15) is 0 Å². The number of aryl methyl sites for hydroxylation is 1. The first-order valence-electron chi connectivity index (χ1n) is 8.34. The predicted molar refractivity (Wildman–Crippen MR) is 105 cm³/mol. The maximum absolute atomic E-state index is 2.28. The Morgan fingerprint density at radius 2 is 1.67 bits per heavy atom. The Morgan fingerprint density at radius 1 is 0.958 bits per heavy atom. The zero-order valence-corrected chi connectivity index (χ0v) is 15.5. The fraction of sp³-hybridized carbons (Fsp3) is 0.190. The number of hydrogen-bond donors (Lipinski definition) is 0. The Balaban J connectivity index is 0.000000815. The van der Waals surface area contributed by atoms with Crippen molar-refractivity contribution in [1.29, 1.82) is 0 Å². The second-order valence-corrected chi connectivity index (χ2v) is 6.57. The maximum atomic E-state index is 2.28. The van der Waals surface area contributed by atoms with Crippen molar-refractivity contribution in [1.82, 2.24) is 0 Å². The van der Waals surface area contributed by atoms with Crippen molar-refractivity contribution in [3.63, 3.8) is 0 Å². The summed E-state index contributed by atoms with van der Waals surface area (Å²) in [4.78, 5) is 3.59. The molecular weight excluding hydrogens is 312 g/mol. The van der Waals surface area contributed by atoms with Crippen LogP contribution < -0.4 is 9.47 Å². The lowest BCUT2D eigenvalue weighted by Crippen LogP contribution is -2.28. The summed E-state index contributed by atoms with van der Waals surface area (Å²) in [6.45, 7) is 4.00. The van der Waals surface area contributed by atoms with Crippen LogP contribution in [-0.4, -0.2) is 7.05 Å². The number of pyridine rings is 1. The molecule has 3 aromatic rings. The number of thioether (sulfide) groups is 1. The van der Waals surface area contributed by atoms with Crippen molar-refractivity contribution in [2.45, 2.75) is 18.7 Å². The van der Waals surface area contributed by atoms with Crippen LogP contribution in [0.25, 0.3) is 17.0 Å². The third-order valence-electron chi connectivity index (χ3n) is 4.12. The standard InChI is InChI=1S/C19H17N2S.C2H6/c1-20-12-11-14(15-7-3-4-8-16(15)20)13-19-21(2)17-9-5-6-10-18(17)22-19;1-2/h3-13H,1-2H3;1-2H3/q+1;. The minimum Gasteiger partial charge on any atom is -0.338 e. The number of nitrogens with zero attached hydrogens (tertiary/aromatic N) is 2. The fourth-order valence-corrected chi connectivity index (χ4v) is 4.00. The quantitative estimate of drug-likeness (QED) is 0.562. The number of rotatable bonds is 1. The van der Waals surface area contributed by atoms with E-state index in [1.165, 1.54) is 32.1 Å². The van der Waals surface area contributed by atoms with E-state index in [1.54, 1.807) is 0 Å². The SMILES string of the molecule is CC.CN1/C(=C/c2cc[n+](C)c3ccccc23)Sc2ccccc21. The molecule has 3 heteroatoms. The van der Waals surface area contributed by atoms with Gasteiger partial charge in [0.05, 0.1) is 16.1 Å². The summed E-state index contributed by atoms with van der Waals surface area (Å²) in [5.41, 5.74) is 3.79. The van der Waals surface area contributed by atoms with Gasteiger partial charge in [-0.3, -0.25) is 0 Å². The van der Waals surface area contributed by atoms with E-state index >= 15 is 0 Å². The molecule has 0 saturated carbocycles. The van der Waals surface area contributed by atoms with Crippen LogP contribution in [0, 0.1) is 0 Å². The van der Waals surface area contributed by atoms with Crippen LogP contribution in [0.2, 0.25) is 0 Å². The molecule has 0 saturated heterocycles. The summed E-state index contributed by atoms with van der Waals surface area (Å²) in [5.74, 6) is 0. The Hall–Kier alpha value is -2.26. The summed E-state index contributed by atoms with van der Waals surface area (Å²) in [6.07, 6.45) is 4.41. The van der Waals surface area contributed by atoms with Crippen LogP contribution in [-0.2, 0) is 7.05 Å². The van der Waals surface area contributed by atoms with Gasteiger partial charge in [0, 0.05) is 24.1 Å². The molecule has 2 nitrogen and oxygen atoms in total. The second kappa shape index (κ2) is 7.10. The molecule has 4 rings (SSSR count). The van der Waals surface area contributed by atoms with Crippen LogP contribution in [0.15, 0.2) is 70.7 Å². The van der Waals surface area contributed by atoms with Crippen LogP contribution >= 0.6 is 11.8 Å². The molecular formula is C21H23N2S+. The third kappa shape index (κ3) is 2.92. The van der Waals surface area contributed by atoms with Gasteiger partial charge < -0.3 is 4.90 Å². The molecule has 1 aromatic heterocycles. The third-order valence-corrected chi connectivity index (χ3v) is 5.29. The molecule has 0 unspecified atom stereocenters. The first-order valence-corrected chi connectivity index (χ1v) is 9.15. The van der Waals surface area contributed by atoms with Gasteiger partial charge in [0.1, 0.15) is 7.05 Å². The molecule has 0 fully saturated rings. The normalized spacial score (nSPS) is 14.5. The maximum Gasteiger partial charge on any atom is 0.212 e. The molecule has 0 amide bonds. The van der Waals surface area contributed by atoms with Crippen molar-refractivity contribution in [3.05, 3.63) is 71.4 Å². The minimum atomic E-state index is 1.25. The molecule has 24 heavy (non-hydrogen) atoms. The molecule has 0 aliphatic carbocycles. The van der Waals surface area contributed by atoms with E-state index < -0.39 is 0 Å². The molecule has 2 heterocycles. The Bertz CT molecular complexity index is 899. The van der Waals surface area contributed by atoms with Crippen LogP contribution in [0.3, 0.4) is 0 Å². The molecule has 0 bridgehead atoms. The highest BCUT2D eigenvalue weighted by molar-refractivity contribution is 8.03. The van der Waals surface area contributed by atoms with Gasteiger partial charge in [0.25, 0.3) is 0 Å². The lowest BCUT2D eigenvalue weighted by molar-refractivity contribution is -0.644. The van der Waals surface area contributed by atoms with Crippen molar-refractivity contribution in [3.8, 4) is 0 Å². The summed E-state index contributed by atoms with van der Waals surface area (Å²) in [5, 5.41) is 2.55. The summed E-state index contributed by atoms with van der Waals surface area (Å²) in [6, 6.07) is 19.3. The number of aromatic nitrogens is 1. The molecule has 2 aromatic carbocycles. The van der Waals surface area contributed by atoms with Crippen LogP contribution in [0.1, 0.15) is 19.4 Å². The highest BCUT2D eigenvalue weighted by Gasteiger charge is 2.21. The van der Waals surface area contributed by atoms with Crippen molar-refractivity contribution in [2.24, 2.45) is 7.05 Å². The molecule has 0 N–H and O–H groups in total. The van der Waals surface area contributed by atoms with E-state index in [4.69, 9.17) is 0 Å². The molecule has 1 aliphatic rings. The van der Waals surface area contributed by atoms with Gasteiger partial charge in [-0.1, -0.05) is 49.9 Å². The fourth-order valence-electron chi connectivity index (χ4n) is 2.89. The van der Waals surface area contributed by atoms with Crippen LogP contribution in [0.5, 0.6) is 0 Å². The Labute approximate surface area is 148 Å². The van der Waals surface area contributed by atoms with E-state index in [2.05, 4.69) is 90.4 Å². The summed E-state index contributed by atoms with van der Waals surface area (Å²) < 4.78 is 2.16. The topological polar surface area (TPSA) is 7.12 Å². The zero-order valence-electron chi connectivity index (χ0n) is 14.7. The van der Waals surface area contributed by atoms with E-state index in [0.29, 0.717) is 0 Å². The molecule has 0 spiro atoms. The summed E-state index contributed by atoms with van der Waals surface area (Å²) in [7, 11) is 4.22. The van der Waals surface area contributed by atoms with Crippen molar-refractivity contribution < 1.29 is 4.57 Å². The summed E-state index contributed by atoms with van der Waals surface area (Å²) >= 11 is 1.83. The molecule has 0 radical (unpaired) electrons.